The number of hydrogen-bond donors (Lipinski definition) is 3. The van der Waals surface area contributed by atoms with Gasteiger partial charge in [-0.1, -0.05) is 12.1 Å². The van der Waals surface area contributed by atoms with Crippen LogP contribution in [0.4, 0.5) is 5.69 Å². The SMILES string of the molecule is CN=C(NCCc1ccc(NC(C)=O)cc1)NCCN1CCOCC1. The topological polar surface area (TPSA) is 78.0 Å². The van der Waals surface area contributed by atoms with E-state index in [4.69, 9.17) is 4.74 Å². The monoisotopic (exact) mass is 347 g/mol. The fourth-order valence-electron chi connectivity index (χ4n) is 2.66. The fourth-order valence-corrected chi connectivity index (χ4v) is 2.66. The van der Waals surface area contributed by atoms with E-state index in [9.17, 15) is 4.79 Å². The zero-order valence-corrected chi connectivity index (χ0v) is 15.2. The van der Waals surface area contributed by atoms with Gasteiger partial charge in [0.15, 0.2) is 5.96 Å². The van der Waals surface area contributed by atoms with E-state index in [2.05, 4.69) is 25.8 Å². The van der Waals surface area contributed by atoms with Gasteiger partial charge in [0.2, 0.25) is 5.91 Å². The Bertz CT molecular complexity index is 553. The fraction of sp³-hybridized carbons (Fsp3) is 0.556. The molecule has 0 radical (unpaired) electrons. The van der Waals surface area contributed by atoms with Crippen LogP contribution in [0.1, 0.15) is 12.5 Å². The Labute approximate surface area is 149 Å². The Kier molecular flexibility index (Phi) is 8.21. The van der Waals surface area contributed by atoms with Crippen LogP contribution in [0.2, 0.25) is 0 Å². The largest absolute Gasteiger partial charge is 0.379 e. The second-order valence-corrected chi connectivity index (χ2v) is 6.01. The normalized spacial score (nSPS) is 15.7. The van der Waals surface area contributed by atoms with Crippen LogP contribution in [0.15, 0.2) is 29.3 Å². The molecule has 1 aliphatic rings. The second-order valence-electron chi connectivity index (χ2n) is 6.01. The first-order valence-corrected chi connectivity index (χ1v) is 8.78. The van der Waals surface area contributed by atoms with Crippen LogP contribution in [-0.4, -0.2) is 69.8 Å². The Morgan fingerprint density at radius 3 is 2.48 bits per heavy atom. The zero-order chi connectivity index (χ0) is 17.9. The third-order valence-electron chi connectivity index (χ3n) is 4.03. The maximum absolute atomic E-state index is 11.0. The number of nitrogens with zero attached hydrogens (tertiary/aromatic N) is 2. The molecule has 0 saturated carbocycles. The number of morpholine rings is 1. The summed E-state index contributed by atoms with van der Waals surface area (Å²) in [7, 11) is 1.78. The summed E-state index contributed by atoms with van der Waals surface area (Å²) in [5, 5.41) is 9.44. The highest BCUT2D eigenvalue weighted by molar-refractivity contribution is 5.88. The number of hydrogen-bond acceptors (Lipinski definition) is 4. The van der Waals surface area contributed by atoms with E-state index in [0.29, 0.717) is 0 Å². The maximum Gasteiger partial charge on any atom is 0.221 e. The van der Waals surface area contributed by atoms with Crippen LogP contribution in [0.3, 0.4) is 0 Å². The molecular formula is C18H29N5O2. The predicted molar refractivity (Wildman–Crippen MR) is 101 cm³/mol. The predicted octanol–water partition coefficient (Wildman–Crippen LogP) is 0.685. The lowest BCUT2D eigenvalue weighted by Gasteiger charge is -2.26. The van der Waals surface area contributed by atoms with Gasteiger partial charge in [-0.15, -0.1) is 0 Å². The number of nitrogens with one attached hydrogen (secondary N) is 3. The Morgan fingerprint density at radius 2 is 1.84 bits per heavy atom. The molecule has 7 nitrogen and oxygen atoms in total. The van der Waals surface area contributed by atoms with Crippen molar-refractivity contribution in [3.8, 4) is 0 Å². The van der Waals surface area contributed by atoms with Crippen molar-refractivity contribution in [2.24, 2.45) is 4.99 Å². The molecule has 1 heterocycles. The maximum atomic E-state index is 11.0. The summed E-state index contributed by atoms with van der Waals surface area (Å²) in [5.74, 6) is 0.768. The quantitative estimate of drug-likeness (QED) is 0.500. The summed E-state index contributed by atoms with van der Waals surface area (Å²) in [6.45, 7) is 7.83. The molecule has 1 aromatic rings. The van der Waals surface area contributed by atoms with E-state index in [1.54, 1.807) is 7.05 Å². The van der Waals surface area contributed by atoms with Crippen molar-refractivity contribution < 1.29 is 9.53 Å². The van der Waals surface area contributed by atoms with Crippen LogP contribution in [0.25, 0.3) is 0 Å². The van der Waals surface area contributed by atoms with Gasteiger partial charge in [0.05, 0.1) is 13.2 Å². The number of amides is 1. The smallest absolute Gasteiger partial charge is 0.221 e. The lowest BCUT2D eigenvalue weighted by molar-refractivity contribution is -0.114. The van der Waals surface area contributed by atoms with Crippen LogP contribution in [-0.2, 0) is 16.0 Å². The van der Waals surface area contributed by atoms with Gasteiger partial charge < -0.3 is 20.7 Å². The van der Waals surface area contributed by atoms with Crippen LogP contribution < -0.4 is 16.0 Å². The highest BCUT2D eigenvalue weighted by Crippen LogP contribution is 2.09. The van der Waals surface area contributed by atoms with Gasteiger partial charge in [-0.05, 0) is 24.1 Å². The summed E-state index contributed by atoms with van der Waals surface area (Å²) in [6, 6.07) is 7.90. The Morgan fingerprint density at radius 1 is 1.16 bits per heavy atom. The summed E-state index contributed by atoms with van der Waals surface area (Å²) in [6.07, 6.45) is 0.893. The molecule has 1 saturated heterocycles. The van der Waals surface area contributed by atoms with Gasteiger partial charge in [-0.3, -0.25) is 14.7 Å². The number of ether oxygens (including phenoxy) is 1. The van der Waals surface area contributed by atoms with E-state index in [1.807, 2.05) is 24.3 Å². The minimum absolute atomic E-state index is 0.0543. The molecule has 0 atom stereocenters. The lowest BCUT2D eigenvalue weighted by atomic mass is 10.1. The minimum atomic E-state index is -0.0543. The average molecular weight is 347 g/mol. The van der Waals surface area contributed by atoms with Crippen molar-refractivity contribution in [2.75, 3.05) is 58.3 Å². The van der Waals surface area contributed by atoms with E-state index in [-0.39, 0.29) is 5.91 Å². The molecule has 25 heavy (non-hydrogen) atoms. The number of rotatable bonds is 7. The molecule has 7 heteroatoms. The van der Waals surface area contributed by atoms with Crippen LogP contribution >= 0.6 is 0 Å². The summed E-state index contributed by atoms with van der Waals surface area (Å²) < 4.78 is 5.35. The molecule has 3 N–H and O–H groups in total. The molecule has 0 bridgehead atoms. The van der Waals surface area contributed by atoms with Crippen molar-refractivity contribution in [2.45, 2.75) is 13.3 Å². The first-order chi connectivity index (χ1) is 12.2. The van der Waals surface area contributed by atoms with Gasteiger partial charge in [0.1, 0.15) is 0 Å². The number of benzene rings is 1. The third kappa shape index (κ3) is 7.53. The van der Waals surface area contributed by atoms with E-state index >= 15 is 0 Å². The first kappa shape index (κ1) is 19.2. The minimum Gasteiger partial charge on any atom is -0.379 e. The lowest BCUT2D eigenvalue weighted by Crippen LogP contribution is -2.44. The standard InChI is InChI=1S/C18H29N5O2/c1-15(24)22-17-5-3-16(4-6-17)7-8-20-18(19-2)21-9-10-23-11-13-25-14-12-23/h3-6H,7-14H2,1-2H3,(H,22,24)(H2,19,20,21). The van der Waals surface area contributed by atoms with Gasteiger partial charge in [0.25, 0.3) is 0 Å². The van der Waals surface area contributed by atoms with Gasteiger partial charge in [-0.2, -0.15) is 0 Å². The molecule has 0 aromatic heterocycles. The highest BCUT2D eigenvalue weighted by atomic mass is 16.5. The Hall–Kier alpha value is -2.12. The third-order valence-corrected chi connectivity index (χ3v) is 4.03. The van der Waals surface area contributed by atoms with Crippen LogP contribution in [0, 0.1) is 0 Å². The number of guanidine groups is 1. The molecule has 0 unspecified atom stereocenters. The molecule has 1 aliphatic heterocycles. The molecule has 1 aromatic carbocycles. The molecular weight excluding hydrogens is 318 g/mol. The summed E-state index contributed by atoms with van der Waals surface area (Å²) in [4.78, 5) is 17.7. The molecule has 1 amide bonds. The molecule has 2 rings (SSSR count). The number of carbonyl (C=O) groups excluding carboxylic acids is 1. The van der Waals surface area contributed by atoms with Crippen LogP contribution in [0.5, 0.6) is 0 Å². The van der Waals surface area contributed by atoms with Crippen molar-refractivity contribution in [1.82, 2.24) is 15.5 Å². The van der Waals surface area contributed by atoms with Crippen molar-refractivity contribution in [3.05, 3.63) is 29.8 Å². The molecule has 1 fully saturated rings. The van der Waals surface area contributed by atoms with Crippen molar-refractivity contribution in [1.29, 1.82) is 0 Å². The zero-order valence-electron chi connectivity index (χ0n) is 15.2. The summed E-state index contributed by atoms with van der Waals surface area (Å²) in [5.41, 5.74) is 2.04. The summed E-state index contributed by atoms with van der Waals surface area (Å²) >= 11 is 0. The molecule has 0 aliphatic carbocycles. The Balaban J connectivity index is 1.64. The number of anilines is 1. The van der Waals surface area contributed by atoms with Crippen molar-refractivity contribution >= 4 is 17.6 Å². The van der Waals surface area contributed by atoms with Gasteiger partial charge in [0, 0.05) is 52.4 Å². The number of aliphatic imine (C=N–C) groups is 1. The highest BCUT2D eigenvalue weighted by Gasteiger charge is 2.09. The van der Waals surface area contributed by atoms with E-state index in [0.717, 1.165) is 64.0 Å². The van der Waals surface area contributed by atoms with Gasteiger partial charge >= 0.3 is 0 Å². The second kappa shape index (κ2) is 10.7. The van der Waals surface area contributed by atoms with E-state index in [1.165, 1.54) is 12.5 Å². The van der Waals surface area contributed by atoms with Gasteiger partial charge in [-0.25, -0.2) is 0 Å². The number of carbonyl (C=O) groups is 1. The first-order valence-electron chi connectivity index (χ1n) is 8.78. The van der Waals surface area contributed by atoms with E-state index < -0.39 is 0 Å². The molecule has 138 valence electrons. The van der Waals surface area contributed by atoms with Crippen molar-refractivity contribution in [3.63, 3.8) is 0 Å². The average Bonchev–Trinajstić information content (AvgIpc) is 2.62. The molecule has 0 spiro atoms.